The van der Waals surface area contributed by atoms with Gasteiger partial charge in [0.15, 0.2) is 0 Å². The van der Waals surface area contributed by atoms with Gasteiger partial charge in [0.25, 0.3) is 0 Å². The maximum absolute atomic E-state index is 5.86. The minimum absolute atomic E-state index is 0.789. The number of rotatable bonds is 0. The van der Waals surface area contributed by atoms with E-state index in [0.717, 1.165) is 10.5 Å². The summed E-state index contributed by atoms with van der Waals surface area (Å²) in [5.74, 6) is 0. The molecule has 56 valence electrons. The van der Waals surface area contributed by atoms with Crippen molar-refractivity contribution in [2.24, 2.45) is 0 Å². The van der Waals surface area contributed by atoms with E-state index >= 15 is 0 Å². The molecule has 0 radical (unpaired) electrons. The molecule has 1 heterocycles. The van der Waals surface area contributed by atoms with E-state index in [1.165, 1.54) is 10.9 Å². The second-order valence-electron chi connectivity index (χ2n) is 2.66. The van der Waals surface area contributed by atoms with Crippen LogP contribution < -0.4 is 0 Å². The Labute approximate surface area is 70.0 Å². The first kappa shape index (κ1) is 6.74. The number of aryl methyl sites for hydroxylation is 1. The van der Waals surface area contributed by atoms with E-state index in [-0.39, 0.29) is 0 Å². The number of aromatic amines is 1. The Hall–Kier alpha value is -0.950. The first-order chi connectivity index (χ1) is 5.27. The molecule has 0 saturated heterocycles. The first-order valence-electron chi connectivity index (χ1n) is 3.50. The minimum atomic E-state index is 0.789. The van der Waals surface area contributed by atoms with Crippen molar-refractivity contribution in [1.29, 1.82) is 0 Å². The SMILES string of the molecule is Cc1cc(Cl)cc2[nH]ccc12. The highest BCUT2D eigenvalue weighted by Crippen LogP contribution is 2.21. The lowest BCUT2D eigenvalue weighted by atomic mass is 10.1. The number of hydrogen-bond donors (Lipinski definition) is 1. The lowest BCUT2D eigenvalue weighted by molar-refractivity contribution is 1.47. The Morgan fingerprint density at radius 2 is 2.18 bits per heavy atom. The fraction of sp³-hybridized carbons (Fsp3) is 0.111. The first-order valence-corrected chi connectivity index (χ1v) is 3.88. The van der Waals surface area contributed by atoms with Crippen LogP contribution in [0.4, 0.5) is 0 Å². The summed E-state index contributed by atoms with van der Waals surface area (Å²) in [6.45, 7) is 2.06. The van der Waals surface area contributed by atoms with Crippen LogP contribution in [-0.2, 0) is 0 Å². The van der Waals surface area contributed by atoms with Gasteiger partial charge in [0.05, 0.1) is 0 Å². The van der Waals surface area contributed by atoms with Gasteiger partial charge in [-0.05, 0) is 30.7 Å². The molecule has 0 saturated carbocycles. The summed E-state index contributed by atoms with van der Waals surface area (Å²) in [5, 5.41) is 2.03. The van der Waals surface area contributed by atoms with Crippen LogP contribution in [0.1, 0.15) is 5.56 Å². The van der Waals surface area contributed by atoms with Crippen molar-refractivity contribution < 1.29 is 0 Å². The van der Waals surface area contributed by atoms with Crippen molar-refractivity contribution in [2.75, 3.05) is 0 Å². The molecule has 0 spiro atoms. The van der Waals surface area contributed by atoms with Crippen LogP contribution >= 0.6 is 11.6 Å². The van der Waals surface area contributed by atoms with Gasteiger partial charge in [-0.2, -0.15) is 0 Å². The fourth-order valence-corrected chi connectivity index (χ4v) is 1.58. The molecule has 0 aliphatic carbocycles. The van der Waals surface area contributed by atoms with Crippen LogP contribution in [-0.4, -0.2) is 4.98 Å². The Balaban J connectivity index is 2.91. The molecule has 0 aliphatic heterocycles. The second kappa shape index (κ2) is 2.28. The third kappa shape index (κ3) is 1.02. The fourth-order valence-electron chi connectivity index (χ4n) is 1.31. The maximum Gasteiger partial charge on any atom is 0.0471 e. The van der Waals surface area contributed by atoms with Gasteiger partial charge in [-0.1, -0.05) is 11.6 Å². The predicted molar refractivity (Wildman–Crippen MR) is 48.0 cm³/mol. The third-order valence-corrected chi connectivity index (χ3v) is 2.06. The molecule has 1 aromatic carbocycles. The zero-order valence-corrected chi connectivity index (χ0v) is 6.94. The summed E-state index contributed by atoms with van der Waals surface area (Å²) in [4.78, 5) is 3.12. The standard InChI is InChI=1S/C9H8ClN/c1-6-4-7(10)5-9-8(6)2-3-11-9/h2-5,11H,1H3. The van der Waals surface area contributed by atoms with E-state index in [4.69, 9.17) is 11.6 Å². The molecule has 0 aliphatic rings. The minimum Gasteiger partial charge on any atom is -0.361 e. The maximum atomic E-state index is 5.86. The van der Waals surface area contributed by atoms with E-state index in [9.17, 15) is 0 Å². The molecule has 0 unspecified atom stereocenters. The van der Waals surface area contributed by atoms with Gasteiger partial charge in [0, 0.05) is 22.1 Å². The van der Waals surface area contributed by atoms with Gasteiger partial charge in [0.1, 0.15) is 0 Å². The summed E-state index contributed by atoms with van der Waals surface area (Å²) in [6.07, 6.45) is 1.92. The second-order valence-corrected chi connectivity index (χ2v) is 3.10. The van der Waals surface area contributed by atoms with Crippen LogP contribution in [0.2, 0.25) is 5.02 Å². The molecular formula is C9H8ClN. The molecular weight excluding hydrogens is 158 g/mol. The van der Waals surface area contributed by atoms with Gasteiger partial charge in [0.2, 0.25) is 0 Å². The number of benzene rings is 1. The molecule has 2 heteroatoms. The normalized spacial score (nSPS) is 10.7. The van der Waals surface area contributed by atoms with Crippen LogP contribution in [0, 0.1) is 6.92 Å². The summed E-state index contributed by atoms with van der Waals surface area (Å²) in [7, 11) is 0. The molecule has 1 N–H and O–H groups in total. The number of H-pyrrole nitrogens is 1. The molecule has 1 nitrogen and oxygen atoms in total. The molecule has 0 fully saturated rings. The van der Waals surface area contributed by atoms with E-state index in [2.05, 4.69) is 18.0 Å². The molecule has 2 rings (SSSR count). The van der Waals surface area contributed by atoms with Crippen LogP contribution in [0.3, 0.4) is 0 Å². The monoisotopic (exact) mass is 165 g/mol. The zero-order chi connectivity index (χ0) is 7.84. The number of nitrogens with one attached hydrogen (secondary N) is 1. The molecule has 0 amide bonds. The Morgan fingerprint density at radius 1 is 1.36 bits per heavy atom. The quantitative estimate of drug-likeness (QED) is 0.618. The Kier molecular flexibility index (Phi) is 1.40. The summed E-state index contributed by atoms with van der Waals surface area (Å²) < 4.78 is 0. The van der Waals surface area contributed by atoms with Crippen molar-refractivity contribution >= 4 is 22.5 Å². The highest BCUT2D eigenvalue weighted by molar-refractivity contribution is 6.31. The van der Waals surface area contributed by atoms with Crippen LogP contribution in [0.15, 0.2) is 24.4 Å². The van der Waals surface area contributed by atoms with Crippen molar-refractivity contribution in [2.45, 2.75) is 6.92 Å². The van der Waals surface area contributed by atoms with E-state index in [1.54, 1.807) is 0 Å². The smallest absolute Gasteiger partial charge is 0.0471 e. The molecule has 1 aromatic heterocycles. The summed E-state index contributed by atoms with van der Waals surface area (Å²) in [6, 6.07) is 5.96. The van der Waals surface area contributed by atoms with E-state index < -0.39 is 0 Å². The molecule has 0 atom stereocenters. The number of fused-ring (bicyclic) bond motifs is 1. The van der Waals surface area contributed by atoms with Crippen molar-refractivity contribution in [3.63, 3.8) is 0 Å². The third-order valence-electron chi connectivity index (χ3n) is 1.84. The van der Waals surface area contributed by atoms with Crippen LogP contribution in [0.25, 0.3) is 10.9 Å². The lowest BCUT2D eigenvalue weighted by Crippen LogP contribution is -1.74. The highest BCUT2D eigenvalue weighted by Gasteiger charge is 1.98. The van der Waals surface area contributed by atoms with E-state index in [1.807, 2.05) is 18.3 Å². The lowest BCUT2D eigenvalue weighted by Gasteiger charge is -1.96. The number of hydrogen-bond acceptors (Lipinski definition) is 0. The molecule has 0 bridgehead atoms. The van der Waals surface area contributed by atoms with Gasteiger partial charge >= 0.3 is 0 Å². The Morgan fingerprint density at radius 3 is 3.00 bits per heavy atom. The van der Waals surface area contributed by atoms with Gasteiger partial charge in [-0.3, -0.25) is 0 Å². The number of aromatic nitrogens is 1. The largest absolute Gasteiger partial charge is 0.361 e. The summed E-state index contributed by atoms with van der Waals surface area (Å²) >= 11 is 5.86. The highest BCUT2D eigenvalue weighted by atomic mass is 35.5. The topological polar surface area (TPSA) is 15.8 Å². The average Bonchev–Trinajstić information content (AvgIpc) is 2.34. The van der Waals surface area contributed by atoms with E-state index in [0.29, 0.717) is 0 Å². The van der Waals surface area contributed by atoms with Gasteiger partial charge in [-0.15, -0.1) is 0 Å². The number of halogens is 1. The zero-order valence-electron chi connectivity index (χ0n) is 6.19. The summed E-state index contributed by atoms with van der Waals surface area (Å²) in [5.41, 5.74) is 2.32. The van der Waals surface area contributed by atoms with Crippen LogP contribution in [0.5, 0.6) is 0 Å². The Bertz CT molecular complexity index is 389. The average molecular weight is 166 g/mol. The van der Waals surface area contributed by atoms with Gasteiger partial charge < -0.3 is 4.98 Å². The predicted octanol–water partition coefficient (Wildman–Crippen LogP) is 3.13. The van der Waals surface area contributed by atoms with Crippen molar-refractivity contribution in [3.8, 4) is 0 Å². The van der Waals surface area contributed by atoms with Crippen molar-refractivity contribution in [3.05, 3.63) is 35.0 Å². The molecule has 11 heavy (non-hydrogen) atoms. The molecule has 2 aromatic rings. The van der Waals surface area contributed by atoms with Gasteiger partial charge in [-0.25, -0.2) is 0 Å². The van der Waals surface area contributed by atoms with Crippen molar-refractivity contribution in [1.82, 2.24) is 4.98 Å².